The molecule has 0 fully saturated rings. The van der Waals surface area contributed by atoms with Crippen LogP contribution in [0.1, 0.15) is 87.5 Å². The van der Waals surface area contributed by atoms with Gasteiger partial charge in [0.2, 0.25) is 0 Å². The van der Waals surface area contributed by atoms with Gasteiger partial charge in [0.15, 0.2) is 5.25 Å². The van der Waals surface area contributed by atoms with Crippen molar-refractivity contribution in [2.75, 3.05) is 14.2 Å². The van der Waals surface area contributed by atoms with E-state index in [1.165, 1.54) is 38.5 Å². The molecule has 0 amide bonds. The molecule has 0 saturated carbocycles. The summed E-state index contributed by atoms with van der Waals surface area (Å²) in [5.41, 5.74) is 8.92. The molecule has 0 unspecified atom stereocenters. The Kier molecular flexibility index (Phi) is 11.8. The lowest BCUT2D eigenvalue weighted by molar-refractivity contribution is 0.0590. The van der Waals surface area contributed by atoms with Gasteiger partial charge in [0, 0.05) is 35.4 Å². The van der Waals surface area contributed by atoms with Gasteiger partial charge in [0.1, 0.15) is 5.57 Å². The summed E-state index contributed by atoms with van der Waals surface area (Å²) in [6.07, 6.45) is 6.35. The molecule has 0 spiro atoms. The highest BCUT2D eigenvalue weighted by Gasteiger charge is 2.36. The molecular formula is C43H43O10S2+. The number of esters is 2. The number of allylic oxidation sites excluding steroid dienone is 3. The van der Waals surface area contributed by atoms with Gasteiger partial charge in [-0.05, 0) is 129 Å². The number of carbonyl (C=O) groups excluding carboxylic acids is 2. The van der Waals surface area contributed by atoms with Crippen LogP contribution in [0.15, 0.2) is 89.4 Å². The highest BCUT2D eigenvalue weighted by atomic mass is 32.2. The van der Waals surface area contributed by atoms with E-state index in [1.807, 2.05) is 20.8 Å². The molecule has 1 aliphatic rings. The maximum Gasteiger partial charge on any atom is 0.338 e. The van der Waals surface area contributed by atoms with Crippen LogP contribution < -0.4 is 0 Å². The molecule has 5 rings (SSSR count). The number of benzene rings is 4. The topological polar surface area (TPSA) is 161 Å². The summed E-state index contributed by atoms with van der Waals surface area (Å²) in [5.74, 6) is -1.33. The minimum Gasteiger partial charge on any atom is -0.465 e. The predicted octanol–water partition coefficient (Wildman–Crippen LogP) is 7.89. The van der Waals surface area contributed by atoms with E-state index >= 15 is 0 Å². The van der Waals surface area contributed by atoms with Crippen molar-refractivity contribution in [1.29, 1.82) is 0 Å². The molecule has 10 nitrogen and oxygen atoms in total. The van der Waals surface area contributed by atoms with Gasteiger partial charge in [0.05, 0.1) is 35.8 Å². The molecule has 0 radical (unpaired) electrons. The summed E-state index contributed by atoms with van der Waals surface area (Å²) in [6, 6.07) is 15.8. The monoisotopic (exact) mass is 783 g/mol. The molecule has 0 bridgehead atoms. The molecule has 4 aromatic carbocycles. The zero-order valence-electron chi connectivity index (χ0n) is 31.9. The van der Waals surface area contributed by atoms with Crippen LogP contribution in [0.5, 0.6) is 0 Å². The Bertz CT molecular complexity index is 2530. The molecule has 0 saturated heterocycles. The largest absolute Gasteiger partial charge is 0.465 e. The molecule has 55 heavy (non-hydrogen) atoms. The van der Waals surface area contributed by atoms with E-state index in [0.29, 0.717) is 45.4 Å². The van der Waals surface area contributed by atoms with Crippen LogP contribution in [-0.2, 0) is 42.6 Å². The van der Waals surface area contributed by atoms with Gasteiger partial charge in [-0.15, -0.1) is 0 Å². The van der Waals surface area contributed by atoms with Crippen LogP contribution in [0.2, 0.25) is 0 Å². The Morgan fingerprint density at radius 2 is 1.15 bits per heavy atom. The van der Waals surface area contributed by atoms with Crippen LogP contribution in [0.4, 0.5) is 0 Å². The van der Waals surface area contributed by atoms with Gasteiger partial charge < -0.3 is 9.47 Å². The van der Waals surface area contributed by atoms with Crippen molar-refractivity contribution in [3.8, 4) is 0 Å². The van der Waals surface area contributed by atoms with Crippen molar-refractivity contribution in [3.05, 3.63) is 168 Å². The summed E-state index contributed by atoms with van der Waals surface area (Å²) >= 11 is 0. The van der Waals surface area contributed by atoms with E-state index in [-0.39, 0.29) is 33.6 Å². The lowest BCUT2D eigenvalue weighted by Crippen LogP contribution is -2.15. The Balaban J connectivity index is 1.77. The average Bonchev–Trinajstić information content (AvgIpc) is 3.10. The van der Waals surface area contributed by atoms with Gasteiger partial charge in [-0.3, -0.25) is 9.11 Å². The quantitative estimate of drug-likeness (QED) is 0.0920. The zero-order valence-corrected chi connectivity index (χ0v) is 33.5. The Labute approximate surface area is 322 Å². The molecular weight excluding hydrogens is 741 g/mol. The summed E-state index contributed by atoms with van der Waals surface area (Å²) in [4.78, 5) is 26.7. The lowest BCUT2D eigenvalue weighted by atomic mass is 9.85. The molecule has 2 N–H and O–H groups in total. The Morgan fingerprint density at radius 3 is 1.62 bits per heavy atom. The van der Waals surface area contributed by atoms with Crippen molar-refractivity contribution in [2.45, 2.75) is 59.3 Å². The third-order valence-corrected chi connectivity index (χ3v) is 12.0. The Morgan fingerprint density at radius 1 is 0.655 bits per heavy atom. The maximum absolute atomic E-state index is 13.5. The summed E-state index contributed by atoms with van der Waals surface area (Å²) in [5, 5.41) is -0.396. The summed E-state index contributed by atoms with van der Waals surface area (Å²) in [6.45, 7) is 11.0. The lowest BCUT2D eigenvalue weighted by Gasteiger charge is -2.19. The summed E-state index contributed by atoms with van der Waals surface area (Å²) in [7, 11) is -6.84. The number of aryl methyl sites for hydroxylation is 5. The van der Waals surface area contributed by atoms with E-state index in [9.17, 15) is 35.5 Å². The predicted molar refractivity (Wildman–Crippen MR) is 211 cm³/mol. The highest BCUT2D eigenvalue weighted by molar-refractivity contribution is 7.89. The van der Waals surface area contributed by atoms with Crippen LogP contribution in [0.3, 0.4) is 0 Å². The van der Waals surface area contributed by atoms with Crippen LogP contribution in [0.25, 0.3) is 5.57 Å². The van der Waals surface area contributed by atoms with Crippen molar-refractivity contribution in [1.82, 2.24) is 0 Å². The second-order valence-corrected chi connectivity index (χ2v) is 16.5. The second kappa shape index (κ2) is 15.8. The fourth-order valence-corrected chi connectivity index (χ4v) is 9.17. The highest BCUT2D eigenvalue weighted by Crippen LogP contribution is 2.39. The van der Waals surface area contributed by atoms with Gasteiger partial charge in [0.25, 0.3) is 10.1 Å². The van der Waals surface area contributed by atoms with Crippen molar-refractivity contribution >= 4 is 37.7 Å². The minimum absolute atomic E-state index is 0.0845. The average molecular weight is 784 g/mol. The third kappa shape index (κ3) is 8.52. The van der Waals surface area contributed by atoms with Gasteiger partial charge in [-0.1, -0.05) is 35.9 Å². The normalized spacial score (nSPS) is 13.9. The molecule has 4 aromatic rings. The standard InChI is InChI=1S/C43H42O10S2/c1-24-17-25(2)35(26(3)18-24)20-30-13-15-32(22-37(30)42(44)52-7)40(34-11-9-10-12-39(34)54(46,47)48)33-16-14-31(38(23-33)43(45)53-8)21-36-27(4)19-28(5)41(29(36)6)55(49,50)51/h9-19,22-23H,20-21H2,1-8H3,(H-,46,47,48,49,50,51)/p+1. The SMILES string of the molecule is COC(=O)c1cc(C(=C2C=CC=C[C+]2S(=O)(=O)O)c2ccc(Cc3c(C)cc(C)c(S(=O)(=O)O)c3C)c(C(=O)OC)c2)ccc1Cc1c(C)cc(C)cc1C. The number of hydrogen-bond donors (Lipinski definition) is 2. The van der Waals surface area contributed by atoms with Crippen LogP contribution >= 0.6 is 0 Å². The van der Waals surface area contributed by atoms with Gasteiger partial charge in [-0.2, -0.15) is 16.8 Å². The number of methoxy groups -OCH3 is 2. The molecule has 1 aliphatic carbocycles. The zero-order chi connectivity index (χ0) is 40.6. The van der Waals surface area contributed by atoms with E-state index in [2.05, 4.69) is 12.1 Å². The molecule has 286 valence electrons. The Hall–Kier alpha value is -5.27. The fourth-order valence-electron chi connectivity index (χ4n) is 7.49. The first-order chi connectivity index (χ1) is 25.8. The van der Waals surface area contributed by atoms with E-state index in [4.69, 9.17) is 9.47 Å². The first-order valence-electron chi connectivity index (χ1n) is 17.3. The smallest absolute Gasteiger partial charge is 0.338 e. The van der Waals surface area contributed by atoms with Crippen molar-refractivity contribution in [2.24, 2.45) is 0 Å². The number of hydrogen-bond acceptors (Lipinski definition) is 8. The van der Waals surface area contributed by atoms with Crippen LogP contribution in [-0.4, -0.2) is 52.1 Å². The number of carbonyl (C=O) groups is 2. The molecule has 12 heteroatoms. The number of ether oxygens (including phenoxy) is 2. The van der Waals surface area contributed by atoms with Crippen LogP contribution in [0, 0.1) is 46.8 Å². The summed E-state index contributed by atoms with van der Waals surface area (Å²) < 4.78 is 81.0. The van der Waals surface area contributed by atoms with E-state index < -0.39 is 37.4 Å². The second-order valence-electron chi connectivity index (χ2n) is 13.7. The number of rotatable bonds is 10. The maximum atomic E-state index is 13.5. The van der Waals surface area contributed by atoms with Gasteiger partial charge in [-0.25, -0.2) is 9.59 Å². The minimum atomic E-state index is -4.77. The van der Waals surface area contributed by atoms with Crippen molar-refractivity contribution in [3.63, 3.8) is 0 Å². The molecule has 0 aliphatic heterocycles. The van der Waals surface area contributed by atoms with Crippen molar-refractivity contribution < 1.29 is 45.0 Å². The fraction of sp³-hybridized carbons (Fsp3) is 0.233. The van der Waals surface area contributed by atoms with E-state index in [0.717, 1.165) is 27.8 Å². The third-order valence-electron chi connectivity index (χ3n) is 9.94. The molecule has 0 atom stereocenters. The first-order valence-corrected chi connectivity index (χ1v) is 20.2. The first kappa shape index (κ1) is 40.9. The molecule has 0 aromatic heterocycles. The van der Waals surface area contributed by atoms with E-state index in [1.54, 1.807) is 63.2 Å². The molecule has 0 heterocycles. The van der Waals surface area contributed by atoms with Gasteiger partial charge >= 0.3 is 22.1 Å².